The second kappa shape index (κ2) is 7.20. The van der Waals surface area contributed by atoms with E-state index in [4.69, 9.17) is 0 Å². The maximum absolute atomic E-state index is 11.7. The first-order valence-electron chi connectivity index (χ1n) is 6.25. The van der Waals surface area contributed by atoms with Crippen LogP contribution in [-0.4, -0.2) is 15.3 Å². The van der Waals surface area contributed by atoms with Gasteiger partial charge >= 0.3 is 0 Å². The minimum Gasteiger partial charge on any atom is -0.340 e. The Hall–Kier alpha value is -1.12. The summed E-state index contributed by atoms with van der Waals surface area (Å²) in [5.74, 6) is 0.177. The van der Waals surface area contributed by atoms with Gasteiger partial charge in [-0.05, 0) is 6.42 Å². The molecule has 0 radical (unpaired) electrons. The lowest BCUT2D eigenvalue weighted by Crippen LogP contribution is -1.99. The van der Waals surface area contributed by atoms with Gasteiger partial charge in [0.1, 0.15) is 5.69 Å². The first kappa shape index (κ1) is 12.9. The molecule has 0 bridgehead atoms. The molecular weight excluding hydrogens is 200 g/mol. The minimum absolute atomic E-state index is 0.177. The summed E-state index contributed by atoms with van der Waals surface area (Å²) in [5.41, 5.74) is 0.607. The standard InChI is InChI=1S/C13H22N2O/c1-3-4-5-6-7-8-9-13(16)12-10-15(2)11-14-12/h10-11H,3-9H2,1-2H3. The van der Waals surface area contributed by atoms with Gasteiger partial charge in [0, 0.05) is 19.7 Å². The van der Waals surface area contributed by atoms with E-state index in [9.17, 15) is 4.79 Å². The smallest absolute Gasteiger partial charge is 0.182 e. The Morgan fingerprint density at radius 2 is 1.94 bits per heavy atom. The number of nitrogens with zero attached hydrogens (tertiary/aromatic N) is 2. The molecule has 1 heterocycles. The van der Waals surface area contributed by atoms with Gasteiger partial charge in [0.05, 0.1) is 6.33 Å². The van der Waals surface area contributed by atoms with E-state index in [0.717, 1.165) is 6.42 Å². The molecular formula is C13H22N2O. The highest BCUT2D eigenvalue weighted by Crippen LogP contribution is 2.09. The molecule has 1 aromatic heterocycles. The summed E-state index contributed by atoms with van der Waals surface area (Å²) < 4.78 is 1.81. The monoisotopic (exact) mass is 222 g/mol. The van der Waals surface area contributed by atoms with Crippen LogP contribution in [0.15, 0.2) is 12.5 Å². The van der Waals surface area contributed by atoms with E-state index in [1.54, 1.807) is 12.5 Å². The number of carbonyl (C=O) groups excluding carboxylic acids is 1. The highest BCUT2D eigenvalue weighted by molar-refractivity contribution is 5.93. The van der Waals surface area contributed by atoms with E-state index in [2.05, 4.69) is 11.9 Å². The fourth-order valence-electron chi connectivity index (χ4n) is 1.75. The van der Waals surface area contributed by atoms with Gasteiger partial charge in [0.2, 0.25) is 0 Å². The van der Waals surface area contributed by atoms with Gasteiger partial charge in [-0.25, -0.2) is 4.98 Å². The van der Waals surface area contributed by atoms with E-state index >= 15 is 0 Å². The quantitative estimate of drug-likeness (QED) is 0.499. The lowest BCUT2D eigenvalue weighted by molar-refractivity contribution is 0.0974. The van der Waals surface area contributed by atoms with E-state index in [1.165, 1.54) is 32.1 Å². The van der Waals surface area contributed by atoms with Crippen molar-refractivity contribution in [1.82, 2.24) is 9.55 Å². The summed E-state index contributed by atoms with van der Waals surface area (Å²) in [6.07, 6.45) is 11.4. The molecule has 0 amide bonds. The van der Waals surface area contributed by atoms with E-state index in [1.807, 2.05) is 11.6 Å². The normalized spacial score (nSPS) is 10.6. The molecule has 0 spiro atoms. The van der Waals surface area contributed by atoms with Crippen LogP contribution in [0.5, 0.6) is 0 Å². The predicted octanol–water partition coefficient (Wildman–Crippen LogP) is 3.35. The summed E-state index contributed by atoms with van der Waals surface area (Å²) in [5, 5.41) is 0. The Kier molecular flexibility index (Phi) is 5.83. The summed E-state index contributed by atoms with van der Waals surface area (Å²) >= 11 is 0. The highest BCUT2D eigenvalue weighted by atomic mass is 16.1. The molecule has 16 heavy (non-hydrogen) atoms. The molecule has 0 unspecified atom stereocenters. The number of unbranched alkanes of at least 4 members (excludes halogenated alkanes) is 5. The Morgan fingerprint density at radius 3 is 2.56 bits per heavy atom. The van der Waals surface area contributed by atoms with Gasteiger partial charge in [-0.2, -0.15) is 0 Å². The average Bonchev–Trinajstić information content (AvgIpc) is 2.70. The Bertz CT molecular complexity index is 317. The van der Waals surface area contributed by atoms with Crippen LogP contribution in [0.1, 0.15) is 62.4 Å². The number of hydrogen-bond donors (Lipinski definition) is 0. The molecule has 0 saturated heterocycles. The number of carbonyl (C=O) groups is 1. The molecule has 3 nitrogen and oxygen atoms in total. The summed E-state index contributed by atoms with van der Waals surface area (Å²) in [4.78, 5) is 15.7. The third-order valence-corrected chi connectivity index (χ3v) is 2.75. The molecule has 0 fully saturated rings. The lowest BCUT2D eigenvalue weighted by Gasteiger charge is -1.99. The van der Waals surface area contributed by atoms with Crippen molar-refractivity contribution in [2.75, 3.05) is 0 Å². The van der Waals surface area contributed by atoms with Crippen LogP contribution in [0.3, 0.4) is 0 Å². The summed E-state index contributed by atoms with van der Waals surface area (Å²) in [6, 6.07) is 0. The maximum atomic E-state index is 11.7. The second-order valence-corrected chi connectivity index (χ2v) is 4.37. The third-order valence-electron chi connectivity index (χ3n) is 2.75. The molecule has 90 valence electrons. The zero-order valence-corrected chi connectivity index (χ0v) is 10.4. The topological polar surface area (TPSA) is 34.9 Å². The largest absolute Gasteiger partial charge is 0.340 e. The molecule has 3 heteroatoms. The van der Waals surface area contributed by atoms with Crippen molar-refractivity contribution < 1.29 is 4.79 Å². The average molecular weight is 222 g/mol. The molecule has 0 aliphatic heterocycles. The molecule has 0 atom stereocenters. The van der Waals surface area contributed by atoms with E-state index in [-0.39, 0.29) is 5.78 Å². The summed E-state index contributed by atoms with van der Waals surface area (Å²) in [6.45, 7) is 2.21. The number of aryl methyl sites for hydroxylation is 1. The maximum Gasteiger partial charge on any atom is 0.182 e. The Labute approximate surface area is 97.9 Å². The van der Waals surface area contributed by atoms with Crippen molar-refractivity contribution in [3.05, 3.63) is 18.2 Å². The van der Waals surface area contributed by atoms with Crippen LogP contribution in [0.25, 0.3) is 0 Å². The van der Waals surface area contributed by atoms with Crippen molar-refractivity contribution in [1.29, 1.82) is 0 Å². The SMILES string of the molecule is CCCCCCCCC(=O)c1cn(C)cn1. The van der Waals surface area contributed by atoms with Crippen LogP contribution < -0.4 is 0 Å². The van der Waals surface area contributed by atoms with Gasteiger partial charge in [-0.3, -0.25) is 4.79 Å². The van der Waals surface area contributed by atoms with E-state index in [0.29, 0.717) is 12.1 Å². The molecule has 0 N–H and O–H groups in total. The minimum atomic E-state index is 0.177. The molecule has 1 rings (SSSR count). The molecule has 0 aromatic carbocycles. The van der Waals surface area contributed by atoms with Crippen molar-refractivity contribution >= 4 is 5.78 Å². The third kappa shape index (κ3) is 4.60. The number of imidazole rings is 1. The van der Waals surface area contributed by atoms with Crippen molar-refractivity contribution in [3.63, 3.8) is 0 Å². The van der Waals surface area contributed by atoms with Gasteiger partial charge in [0.25, 0.3) is 0 Å². The zero-order chi connectivity index (χ0) is 11.8. The van der Waals surface area contributed by atoms with E-state index < -0.39 is 0 Å². The van der Waals surface area contributed by atoms with Crippen molar-refractivity contribution in [2.24, 2.45) is 7.05 Å². The van der Waals surface area contributed by atoms with Crippen molar-refractivity contribution in [2.45, 2.75) is 51.9 Å². The number of rotatable bonds is 8. The number of ketones is 1. The lowest BCUT2D eigenvalue weighted by atomic mass is 10.1. The molecule has 0 aliphatic rings. The van der Waals surface area contributed by atoms with Gasteiger partial charge in [-0.1, -0.05) is 39.0 Å². The number of hydrogen-bond acceptors (Lipinski definition) is 2. The fourth-order valence-corrected chi connectivity index (χ4v) is 1.75. The molecule has 0 saturated carbocycles. The fraction of sp³-hybridized carbons (Fsp3) is 0.692. The Morgan fingerprint density at radius 1 is 1.25 bits per heavy atom. The van der Waals surface area contributed by atoms with Crippen LogP contribution in [0.2, 0.25) is 0 Å². The van der Waals surface area contributed by atoms with Crippen LogP contribution in [0.4, 0.5) is 0 Å². The number of Topliss-reactive ketones (excluding diaryl/α,β-unsaturated/α-hetero) is 1. The molecule has 1 aromatic rings. The predicted molar refractivity (Wildman–Crippen MR) is 65.5 cm³/mol. The van der Waals surface area contributed by atoms with Crippen molar-refractivity contribution in [3.8, 4) is 0 Å². The van der Waals surface area contributed by atoms with Gasteiger partial charge < -0.3 is 4.57 Å². The second-order valence-electron chi connectivity index (χ2n) is 4.37. The highest BCUT2D eigenvalue weighted by Gasteiger charge is 2.07. The summed E-state index contributed by atoms with van der Waals surface area (Å²) in [7, 11) is 1.88. The first-order chi connectivity index (χ1) is 7.74. The Balaban J connectivity index is 2.11. The van der Waals surface area contributed by atoms with Gasteiger partial charge in [-0.15, -0.1) is 0 Å². The van der Waals surface area contributed by atoms with Crippen LogP contribution in [0, 0.1) is 0 Å². The van der Waals surface area contributed by atoms with Crippen LogP contribution >= 0.6 is 0 Å². The van der Waals surface area contributed by atoms with Gasteiger partial charge in [0.15, 0.2) is 5.78 Å². The van der Waals surface area contributed by atoms with Crippen LogP contribution in [-0.2, 0) is 7.05 Å². The molecule has 0 aliphatic carbocycles. The first-order valence-corrected chi connectivity index (χ1v) is 6.25. The number of aromatic nitrogens is 2. The zero-order valence-electron chi connectivity index (χ0n) is 10.4.